The largest absolute Gasteiger partial charge is 0.468 e. The van der Waals surface area contributed by atoms with E-state index in [-0.39, 0.29) is 6.42 Å². The molecular formula is C17H33BrO2. The number of hydrogen-bond donors (Lipinski definition) is 0. The van der Waals surface area contributed by atoms with Crippen LogP contribution in [-0.4, -0.2) is 17.8 Å². The van der Waals surface area contributed by atoms with Gasteiger partial charge < -0.3 is 4.74 Å². The maximum atomic E-state index is 11.6. The van der Waals surface area contributed by atoms with Crippen molar-refractivity contribution in [2.24, 2.45) is 0 Å². The molecule has 0 aromatic carbocycles. The van der Waals surface area contributed by atoms with E-state index in [2.05, 4.69) is 27.6 Å². The molecule has 0 saturated carbocycles. The van der Waals surface area contributed by atoms with E-state index in [1.807, 2.05) is 0 Å². The van der Waals surface area contributed by atoms with E-state index in [0.29, 0.717) is 6.42 Å². The van der Waals surface area contributed by atoms with Crippen molar-refractivity contribution in [3.63, 3.8) is 0 Å². The minimum absolute atomic E-state index is 0.263. The highest BCUT2D eigenvalue weighted by Crippen LogP contribution is 2.15. The van der Waals surface area contributed by atoms with Gasteiger partial charge in [-0.2, -0.15) is 0 Å². The number of halogens is 1. The van der Waals surface area contributed by atoms with Crippen LogP contribution in [0.15, 0.2) is 0 Å². The van der Waals surface area contributed by atoms with Crippen LogP contribution in [0.4, 0.5) is 0 Å². The maximum Gasteiger partial charge on any atom is 0.319 e. The lowest BCUT2D eigenvalue weighted by Gasteiger charge is -2.07. The Bertz CT molecular complexity index is 333. The minimum atomic E-state index is -2.78. The molecule has 20 heavy (non-hydrogen) atoms. The summed E-state index contributed by atoms with van der Waals surface area (Å²) in [6.45, 7) is 2.23. The number of unbranched alkanes of at least 4 members (excludes halogenated alkanes) is 11. The summed E-state index contributed by atoms with van der Waals surface area (Å²) in [4.78, 5) is 9.94. The summed E-state index contributed by atoms with van der Waals surface area (Å²) in [5, 5.41) is 0. The summed E-state index contributed by atoms with van der Waals surface area (Å²) in [5.41, 5.74) is 0. The average Bonchev–Trinajstić information content (AvgIpc) is 2.46. The van der Waals surface area contributed by atoms with Gasteiger partial charge in [-0.3, -0.25) is 4.79 Å². The Labute approximate surface area is 139 Å². The summed E-state index contributed by atoms with van der Waals surface area (Å²) in [6.07, 6.45) is 14.8. The van der Waals surface area contributed by atoms with Crippen LogP contribution >= 0.6 is 15.9 Å². The zero-order valence-corrected chi connectivity index (χ0v) is 14.5. The normalized spacial score (nSPS) is 17.5. The Morgan fingerprint density at radius 2 is 1.45 bits per heavy atom. The van der Waals surface area contributed by atoms with Crippen molar-refractivity contribution < 1.29 is 15.0 Å². The second kappa shape index (κ2) is 15.3. The van der Waals surface area contributed by atoms with Crippen molar-refractivity contribution in [3.05, 3.63) is 0 Å². The van der Waals surface area contributed by atoms with Gasteiger partial charge in [-0.25, -0.2) is 0 Å². The molecule has 0 amide bonds. The van der Waals surface area contributed by atoms with E-state index in [1.54, 1.807) is 0 Å². The number of rotatable bonds is 14. The Morgan fingerprint density at radius 3 is 1.90 bits per heavy atom. The fourth-order valence-electron chi connectivity index (χ4n) is 2.28. The fraction of sp³-hybridized carbons (Fsp3) is 0.941. The number of ether oxygens (including phenoxy) is 1. The Hall–Kier alpha value is -0.0500. The van der Waals surface area contributed by atoms with Crippen LogP contribution in [0.5, 0.6) is 0 Å². The van der Waals surface area contributed by atoms with Gasteiger partial charge in [0.15, 0.2) is 0 Å². The summed E-state index contributed by atoms with van der Waals surface area (Å²) in [7, 11) is -2.78. The van der Waals surface area contributed by atoms with Crippen molar-refractivity contribution in [2.45, 2.75) is 95.2 Å². The number of esters is 1. The number of carbonyl (C=O) groups excluding carboxylic acids is 1. The first kappa shape index (κ1) is 13.6. The third kappa shape index (κ3) is 13.0. The van der Waals surface area contributed by atoms with Crippen molar-refractivity contribution in [1.82, 2.24) is 0 Å². The van der Waals surface area contributed by atoms with E-state index in [1.165, 1.54) is 57.8 Å². The molecule has 0 fully saturated rings. The Morgan fingerprint density at radius 1 is 1.00 bits per heavy atom. The Balaban J connectivity index is 3.53. The van der Waals surface area contributed by atoms with Crippen LogP contribution in [-0.2, 0) is 9.53 Å². The molecule has 1 atom stereocenters. The van der Waals surface area contributed by atoms with Gasteiger partial charge in [-0.15, -0.1) is 0 Å². The van der Waals surface area contributed by atoms with Crippen molar-refractivity contribution in [2.75, 3.05) is 7.04 Å². The second-order valence-corrected chi connectivity index (χ2v) is 6.39. The standard InChI is InChI=1S/C17H33BrO2/c1-3-4-5-6-7-8-9-10-11-12-13-14-15-16(18)17(19)20-2/h16H,3-15H2,1-2H3/i2D3,16D. The second-order valence-electron chi connectivity index (χ2n) is 5.43. The predicted molar refractivity (Wildman–Crippen MR) is 90.4 cm³/mol. The van der Waals surface area contributed by atoms with Crippen LogP contribution in [0.1, 0.15) is 95.9 Å². The molecule has 0 aliphatic heterocycles. The number of methoxy groups -OCH3 is 1. The highest BCUT2D eigenvalue weighted by atomic mass is 79.9. The molecule has 0 saturated heterocycles. The topological polar surface area (TPSA) is 26.3 Å². The molecule has 0 heterocycles. The van der Waals surface area contributed by atoms with E-state index >= 15 is 0 Å². The van der Waals surface area contributed by atoms with Gasteiger partial charge >= 0.3 is 5.97 Å². The number of carbonyl (C=O) groups is 1. The molecule has 0 bridgehead atoms. The lowest BCUT2D eigenvalue weighted by Crippen LogP contribution is -2.15. The van der Waals surface area contributed by atoms with Gasteiger partial charge in [0.1, 0.15) is 4.80 Å². The third-order valence-corrected chi connectivity index (χ3v) is 4.28. The average molecular weight is 353 g/mol. The number of alkyl halides is 1. The molecule has 0 radical (unpaired) electrons. The molecular weight excluding hydrogens is 316 g/mol. The van der Waals surface area contributed by atoms with E-state index < -0.39 is 17.8 Å². The highest BCUT2D eigenvalue weighted by molar-refractivity contribution is 9.10. The van der Waals surface area contributed by atoms with Crippen molar-refractivity contribution in [1.29, 1.82) is 0 Å². The first-order valence-electron chi connectivity index (χ1n) is 10.1. The Kier molecular flexibility index (Phi) is 10.4. The quantitative estimate of drug-likeness (QED) is 0.217. The smallest absolute Gasteiger partial charge is 0.319 e. The van der Waals surface area contributed by atoms with E-state index in [0.717, 1.165) is 12.8 Å². The van der Waals surface area contributed by atoms with Gasteiger partial charge in [0, 0.05) is 0 Å². The summed E-state index contributed by atoms with van der Waals surface area (Å²) in [6, 6.07) is 0. The van der Waals surface area contributed by atoms with Crippen molar-refractivity contribution in [3.8, 4) is 0 Å². The zero-order chi connectivity index (χ0) is 18.5. The molecule has 2 nitrogen and oxygen atoms in total. The first-order chi connectivity index (χ1) is 11.2. The third-order valence-electron chi connectivity index (χ3n) is 3.56. The zero-order valence-electron chi connectivity index (χ0n) is 16.9. The molecule has 0 N–H and O–H groups in total. The molecule has 0 aliphatic carbocycles. The maximum absolute atomic E-state index is 11.6. The summed E-state index contributed by atoms with van der Waals surface area (Å²) in [5.74, 6) is -1.04. The van der Waals surface area contributed by atoms with Crippen LogP contribution in [0.25, 0.3) is 0 Å². The van der Waals surface area contributed by atoms with Gasteiger partial charge in [0.2, 0.25) is 0 Å². The minimum Gasteiger partial charge on any atom is -0.468 e. The summed E-state index contributed by atoms with van der Waals surface area (Å²) < 4.78 is 32.8. The molecule has 0 rings (SSSR count). The van der Waals surface area contributed by atoms with E-state index in [9.17, 15) is 4.79 Å². The first-order valence-corrected chi connectivity index (χ1v) is 8.91. The van der Waals surface area contributed by atoms with Crippen molar-refractivity contribution >= 4 is 21.9 Å². The predicted octanol–water partition coefficient (Wildman–Crippen LogP) is 6.01. The fourth-order valence-corrected chi connectivity index (χ4v) is 2.64. The molecule has 120 valence electrons. The van der Waals surface area contributed by atoms with Crippen LogP contribution in [0, 0.1) is 0 Å². The molecule has 1 unspecified atom stereocenters. The van der Waals surface area contributed by atoms with Gasteiger partial charge in [-0.05, 0) is 6.42 Å². The number of hydrogen-bond acceptors (Lipinski definition) is 2. The molecule has 0 spiro atoms. The molecule has 0 aromatic rings. The van der Waals surface area contributed by atoms with Crippen LogP contribution in [0.2, 0.25) is 0 Å². The highest BCUT2D eigenvalue weighted by Gasteiger charge is 2.13. The van der Waals surface area contributed by atoms with Crippen LogP contribution in [0.3, 0.4) is 0 Å². The van der Waals surface area contributed by atoms with Gasteiger partial charge in [0.05, 0.1) is 12.5 Å². The monoisotopic (exact) mass is 352 g/mol. The SMILES string of the molecule is [2H]C([2H])([2H])OC(=O)C([2H])(Br)CCCCCCCCCCCCCC. The molecule has 0 aromatic heterocycles. The lowest BCUT2D eigenvalue weighted by molar-refractivity contribution is -0.139. The lowest BCUT2D eigenvalue weighted by atomic mass is 10.0. The van der Waals surface area contributed by atoms with Gasteiger partial charge in [0.25, 0.3) is 0 Å². The van der Waals surface area contributed by atoms with E-state index in [4.69, 9.17) is 5.48 Å². The molecule has 3 heteroatoms. The molecule has 0 aliphatic rings. The summed E-state index contributed by atoms with van der Waals surface area (Å²) >= 11 is 2.97. The van der Waals surface area contributed by atoms with Crippen LogP contribution < -0.4 is 0 Å². The van der Waals surface area contributed by atoms with Gasteiger partial charge in [-0.1, -0.05) is 99.9 Å².